The summed E-state index contributed by atoms with van der Waals surface area (Å²) < 4.78 is 47.6. The number of carboxylic acids is 1. The second-order valence-electron chi connectivity index (χ2n) is 4.81. The third-order valence-corrected chi connectivity index (χ3v) is 4.85. The highest BCUT2D eigenvalue weighted by Gasteiger charge is 2.27. The van der Waals surface area contributed by atoms with Crippen LogP contribution in [0.2, 0.25) is 5.02 Å². The standard InChI is InChI=1S/C16H8ClF3O3S/c1-23-14-8(17)5-9(19)12(13(14)20)11-7-3-2-6(18)4-10(7)24-15(11)16(21)22/h2-5H,1H3,(H,21,22). The summed E-state index contributed by atoms with van der Waals surface area (Å²) in [6, 6.07) is 4.33. The molecule has 124 valence electrons. The average Bonchev–Trinajstić information content (AvgIpc) is 2.86. The zero-order valence-corrected chi connectivity index (χ0v) is 13.6. The fourth-order valence-electron chi connectivity index (χ4n) is 2.46. The number of benzene rings is 2. The molecular weight excluding hydrogens is 365 g/mol. The Labute approximate surface area is 142 Å². The van der Waals surface area contributed by atoms with Gasteiger partial charge in [0.05, 0.1) is 17.7 Å². The largest absolute Gasteiger partial charge is 0.492 e. The second kappa shape index (κ2) is 5.99. The van der Waals surface area contributed by atoms with Crippen molar-refractivity contribution in [3.8, 4) is 16.9 Å². The smallest absolute Gasteiger partial charge is 0.346 e. The van der Waals surface area contributed by atoms with Gasteiger partial charge in [-0.05, 0) is 24.3 Å². The lowest BCUT2D eigenvalue weighted by Gasteiger charge is -2.11. The van der Waals surface area contributed by atoms with Gasteiger partial charge in [0.15, 0.2) is 11.6 Å². The summed E-state index contributed by atoms with van der Waals surface area (Å²) in [5, 5.41) is 9.32. The molecule has 0 unspecified atom stereocenters. The molecule has 0 aliphatic heterocycles. The van der Waals surface area contributed by atoms with Crippen molar-refractivity contribution in [1.29, 1.82) is 0 Å². The molecule has 0 saturated heterocycles. The molecule has 1 heterocycles. The van der Waals surface area contributed by atoms with Crippen LogP contribution in [0.3, 0.4) is 0 Å². The number of thiophene rings is 1. The monoisotopic (exact) mass is 372 g/mol. The predicted octanol–water partition coefficient (Wildman–Crippen LogP) is 5.35. The van der Waals surface area contributed by atoms with Gasteiger partial charge < -0.3 is 9.84 Å². The first-order valence-electron chi connectivity index (χ1n) is 6.52. The summed E-state index contributed by atoms with van der Waals surface area (Å²) in [5.74, 6) is -4.51. The van der Waals surface area contributed by atoms with Crippen LogP contribution in [0.4, 0.5) is 13.2 Å². The SMILES string of the molecule is COc1c(Cl)cc(F)c(-c2c(C(=O)O)sc3cc(F)ccc23)c1F. The van der Waals surface area contributed by atoms with Crippen molar-refractivity contribution in [2.24, 2.45) is 0 Å². The molecule has 1 N–H and O–H groups in total. The summed E-state index contributed by atoms with van der Waals surface area (Å²) in [5.41, 5.74) is -0.751. The van der Waals surface area contributed by atoms with E-state index in [2.05, 4.69) is 0 Å². The van der Waals surface area contributed by atoms with Crippen LogP contribution in [0.15, 0.2) is 24.3 Å². The highest BCUT2D eigenvalue weighted by Crippen LogP contribution is 2.44. The molecular formula is C16H8ClF3O3S. The van der Waals surface area contributed by atoms with Gasteiger partial charge in [-0.3, -0.25) is 0 Å². The van der Waals surface area contributed by atoms with E-state index in [1.165, 1.54) is 6.07 Å². The van der Waals surface area contributed by atoms with Crippen LogP contribution in [0.1, 0.15) is 9.67 Å². The molecule has 3 rings (SSSR count). The van der Waals surface area contributed by atoms with Crippen LogP contribution < -0.4 is 4.74 Å². The zero-order chi connectivity index (χ0) is 17.6. The number of halogens is 4. The van der Waals surface area contributed by atoms with Crippen molar-refractivity contribution < 1.29 is 27.8 Å². The van der Waals surface area contributed by atoms with Gasteiger partial charge in [-0.15, -0.1) is 11.3 Å². The lowest BCUT2D eigenvalue weighted by molar-refractivity contribution is 0.0703. The number of carboxylic acid groups (broad SMARTS) is 1. The number of hydrogen-bond acceptors (Lipinski definition) is 3. The number of rotatable bonds is 3. The van der Waals surface area contributed by atoms with Crippen molar-refractivity contribution in [1.82, 2.24) is 0 Å². The Hall–Kier alpha value is -2.25. The maximum absolute atomic E-state index is 14.7. The minimum atomic E-state index is -1.38. The molecule has 3 aromatic rings. The Bertz CT molecular complexity index is 985. The van der Waals surface area contributed by atoms with Crippen LogP contribution in [0, 0.1) is 17.5 Å². The maximum Gasteiger partial charge on any atom is 0.346 e. The van der Waals surface area contributed by atoms with Gasteiger partial charge in [0.25, 0.3) is 0 Å². The second-order valence-corrected chi connectivity index (χ2v) is 6.27. The van der Waals surface area contributed by atoms with Gasteiger partial charge in [0, 0.05) is 15.6 Å². The first-order chi connectivity index (χ1) is 11.3. The number of carbonyl (C=O) groups is 1. The molecule has 0 atom stereocenters. The predicted molar refractivity (Wildman–Crippen MR) is 85.7 cm³/mol. The van der Waals surface area contributed by atoms with Crippen molar-refractivity contribution in [2.75, 3.05) is 7.11 Å². The molecule has 2 aromatic carbocycles. The van der Waals surface area contributed by atoms with E-state index < -0.39 is 34.7 Å². The van der Waals surface area contributed by atoms with Gasteiger partial charge in [-0.1, -0.05) is 11.6 Å². The molecule has 1 aromatic heterocycles. The van der Waals surface area contributed by atoms with Crippen molar-refractivity contribution >= 4 is 39.0 Å². The van der Waals surface area contributed by atoms with Crippen LogP contribution in [-0.2, 0) is 0 Å². The van der Waals surface area contributed by atoms with E-state index in [0.717, 1.165) is 36.6 Å². The summed E-state index contributed by atoms with van der Waals surface area (Å²) in [6.07, 6.45) is 0. The van der Waals surface area contributed by atoms with E-state index in [1.54, 1.807) is 0 Å². The molecule has 0 aliphatic rings. The van der Waals surface area contributed by atoms with Gasteiger partial charge in [0.2, 0.25) is 0 Å². The van der Waals surface area contributed by atoms with E-state index in [9.17, 15) is 23.1 Å². The molecule has 0 saturated carbocycles. The Morgan fingerprint density at radius 3 is 2.54 bits per heavy atom. The van der Waals surface area contributed by atoms with E-state index >= 15 is 0 Å². The van der Waals surface area contributed by atoms with Gasteiger partial charge in [-0.2, -0.15) is 0 Å². The van der Waals surface area contributed by atoms with Gasteiger partial charge >= 0.3 is 5.97 Å². The van der Waals surface area contributed by atoms with E-state index in [-0.39, 0.29) is 25.5 Å². The Morgan fingerprint density at radius 1 is 1.21 bits per heavy atom. The summed E-state index contributed by atoms with van der Waals surface area (Å²) in [7, 11) is 1.16. The van der Waals surface area contributed by atoms with Gasteiger partial charge in [-0.25, -0.2) is 18.0 Å². The van der Waals surface area contributed by atoms with Crippen LogP contribution >= 0.6 is 22.9 Å². The van der Waals surface area contributed by atoms with Crippen molar-refractivity contribution in [3.63, 3.8) is 0 Å². The number of hydrogen-bond donors (Lipinski definition) is 1. The minimum absolute atomic E-state index is 0.174. The molecule has 0 radical (unpaired) electrons. The number of aromatic carboxylic acids is 1. The average molecular weight is 373 g/mol. The highest BCUT2D eigenvalue weighted by atomic mass is 35.5. The van der Waals surface area contributed by atoms with Crippen LogP contribution in [-0.4, -0.2) is 18.2 Å². The quantitative estimate of drug-likeness (QED) is 0.674. The maximum atomic E-state index is 14.7. The third-order valence-electron chi connectivity index (χ3n) is 3.43. The molecule has 0 bridgehead atoms. The fraction of sp³-hybridized carbons (Fsp3) is 0.0625. The third kappa shape index (κ3) is 2.50. The molecule has 0 fully saturated rings. The summed E-state index contributed by atoms with van der Waals surface area (Å²) in [6.45, 7) is 0. The molecule has 0 aliphatic carbocycles. The van der Waals surface area contributed by atoms with Crippen LogP contribution in [0.5, 0.6) is 5.75 Å². The van der Waals surface area contributed by atoms with E-state index in [0.29, 0.717) is 0 Å². The van der Waals surface area contributed by atoms with Crippen molar-refractivity contribution in [2.45, 2.75) is 0 Å². The normalized spacial score (nSPS) is 11.0. The molecule has 8 heteroatoms. The summed E-state index contributed by atoms with van der Waals surface area (Å²) in [4.78, 5) is 11.2. The number of ether oxygens (including phenoxy) is 1. The molecule has 3 nitrogen and oxygen atoms in total. The first kappa shape index (κ1) is 16.6. The van der Waals surface area contributed by atoms with Crippen molar-refractivity contribution in [3.05, 3.63) is 51.6 Å². The lowest BCUT2D eigenvalue weighted by Crippen LogP contribution is -2.00. The fourth-order valence-corrected chi connectivity index (χ4v) is 3.79. The number of methoxy groups -OCH3 is 1. The highest BCUT2D eigenvalue weighted by molar-refractivity contribution is 7.21. The Balaban J connectivity index is 2.46. The van der Waals surface area contributed by atoms with E-state index in [1.807, 2.05) is 0 Å². The number of fused-ring (bicyclic) bond motifs is 1. The zero-order valence-electron chi connectivity index (χ0n) is 12.0. The Kier molecular flexibility index (Phi) is 4.15. The molecule has 24 heavy (non-hydrogen) atoms. The minimum Gasteiger partial charge on any atom is -0.492 e. The molecule has 0 amide bonds. The Morgan fingerprint density at radius 2 is 1.92 bits per heavy atom. The first-order valence-corrected chi connectivity index (χ1v) is 7.71. The molecule has 0 spiro atoms. The summed E-state index contributed by atoms with van der Waals surface area (Å²) >= 11 is 6.47. The van der Waals surface area contributed by atoms with E-state index in [4.69, 9.17) is 16.3 Å². The van der Waals surface area contributed by atoms with Gasteiger partial charge in [0.1, 0.15) is 16.5 Å². The lowest BCUT2D eigenvalue weighted by atomic mass is 10.00. The van der Waals surface area contributed by atoms with Crippen LogP contribution in [0.25, 0.3) is 21.2 Å². The topological polar surface area (TPSA) is 46.5 Å².